The number of aliphatic hydroxyl groups is 1. The van der Waals surface area contributed by atoms with E-state index in [2.05, 4.69) is 149 Å². The van der Waals surface area contributed by atoms with Crippen molar-refractivity contribution in [2.45, 2.75) is 329 Å². The summed E-state index contributed by atoms with van der Waals surface area (Å²) >= 11 is 0. The Morgan fingerprint density at radius 3 is 0.853 bits per heavy atom. The lowest BCUT2D eigenvalue weighted by Crippen LogP contribution is -2.30. The average Bonchev–Trinajstić information content (AvgIpc) is 0.909. The number of allylic oxidation sites excluding steroid dienone is 22. The van der Waals surface area contributed by atoms with Crippen LogP contribution < -0.4 is 0 Å². The summed E-state index contributed by atoms with van der Waals surface area (Å²) in [5.74, 6) is -2.28. The fraction of sp³-hybridized carbons (Fsp3) is 0.687. The second-order valence-electron chi connectivity index (χ2n) is 25.9. The van der Waals surface area contributed by atoms with Crippen LogP contribution in [0, 0.1) is 0 Å². The van der Waals surface area contributed by atoms with Crippen LogP contribution in [0.3, 0.4) is 0 Å². The Morgan fingerprint density at radius 1 is 0.284 bits per heavy atom. The molecule has 3 N–H and O–H groups in total. The smallest absolute Gasteiger partial charge is 0.462 e. The van der Waals surface area contributed by atoms with Gasteiger partial charge in [-0.15, -0.1) is 0 Å². The number of phosphoric ester groups is 2. The molecule has 0 saturated carbocycles. The Bertz CT molecular complexity index is 2460. The van der Waals surface area contributed by atoms with Gasteiger partial charge in [-0.1, -0.05) is 283 Å². The van der Waals surface area contributed by atoms with Crippen LogP contribution in [0.2, 0.25) is 0 Å². The number of aliphatic hydroxyl groups excluding tert-OH is 1. The van der Waals surface area contributed by atoms with E-state index < -0.39 is 97.5 Å². The minimum Gasteiger partial charge on any atom is -0.462 e. The van der Waals surface area contributed by atoms with Gasteiger partial charge in [0.25, 0.3) is 0 Å². The number of phosphoric acid groups is 2. The number of carbonyl (C=O) groups excluding carboxylic acids is 4. The van der Waals surface area contributed by atoms with Crippen molar-refractivity contribution in [3.05, 3.63) is 134 Å². The van der Waals surface area contributed by atoms with Gasteiger partial charge in [0.05, 0.1) is 26.4 Å². The van der Waals surface area contributed by atoms with Crippen molar-refractivity contribution in [1.82, 2.24) is 0 Å². The van der Waals surface area contributed by atoms with Crippen LogP contribution >= 0.6 is 15.6 Å². The third-order valence-electron chi connectivity index (χ3n) is 16.1. The fourth-order valence-electron chi connectivity index (χ4n) is 10.2. The molecule has 0 aromatic rings. The summed E-state index contributed by atoms with van der Waals surface area (Å²) in [6.45, 7) is 4.53. The summed E-state index contributed by atoms with van der Waals surface area (Å²) in [6, 6.07) is 0. The van der Waals surface area contributed by atoms with Crippen LogP contribution in [0.15, 0.2) is 134 Å². The zero-order valence-electron chi connectivity index (χ0n) is 63.7. The summed E-state index contributed by atoms with van der Waals surface area (Å²) < 4.78 is 68.5. The van der Waals surface area contributed by atoms with Crippen molar-refractivity contribution in [1.29, 1.82) is 0 Å². The highest BCUT2D eigenvalue weighted by Gasteiger charge is 2.30. The SMILES string of the molecule is CC/C=C\C/C=C\C/C=C\C/C=C\C/C=C\CCCCCC(=O)OCC(COP(=O)(O)OCC(O)COP(=O)(O)OCC(COC(=O)CCC/C=C\C/C=C\C/C=C\C/C=C\C/C=C\CC)OC(=O)CCCCCCCCCCCCCCC)OC(=O)CCCCCCC/C=C\CCCCCC. The standard InChI is InChI=1S/C83H140O17P2/c1-5-9-13-17-21-25-29-33-35-37-38-40-42-46-48-52-56-60-64-68-81(86)94-74-79(100-83(88)70-66-62-58-54-50-44-32-28-24-20-16-12-8-4)76-98-102(91,92)96-72-77(84)71-95-101(89,90)97-75-78(99-82(87)69-65-61-57-53-49-43-31-27-23-19-15-11-7-3)73-93-80(85)67-63-59-55-51-47-45-41-39-36-34-30-26-22-18-14-10-6-2/h9-10,13-14,21-22,25-26,28,32-36,38,40-41,45-46,48,51,55,77-79,84H,5-8,11-12,15-20,23-24,27,29-31,37,39,42-44,47,49-50,52-54,56-76H2,1-4H3,(H,89,90)(H,91,92)/b13-9-,14-10-,25-21-,26-22-,32-28-,35-33-,36-34-,40-38-,45-41-,48-46-,55-51-. The maximum atomic E-state index is 13.1. The Morgan fingerprint density at radius 2 is 0.520 bits per heavy atom. The van der Waals surface area contributed by atoms with E-state index in [-0.39, 0.29) is 25.7 Å². The van der Waals surface area contributed by atoms with Gasteiger partial charge in [-0.25, -0.2) is 9.13 Å². The summed E-state index contributed by atoms with van der Waals surface area (Å²) in [5, 5.41) is 10.6. The van der Waals surface area contributed by atoms with E-state index in [0.29, 0.717) is 32.1 Å². The monoisotopic (exact) mass is 1470 g/mol. The molecule has 0 aliphatic carbocycles. The molecular formula is C83H140O17P2. The number of esters is 4. The lowest BCUT2D eigenvalue weighted by molar-refractivity contribution is -0.161. The molecule has 0 saturated heterocycles. The summed E-state index contributed by atoms with van der Waals surface area (Å²) in [7, 11) is -9.98. The molecule has 0 heterocycles. The minimum absolute atomic E-state index is 0.0736. The lowest BCUT2D eigenvalue weighted by atomic mass is 10.0. The predicted octanol–water partition coefficient (Wildman–Crippen LogP) is 22.9. The van der Waals surface area contributed by atoms with Crippen molar-refractivity contribution >= 4 is 39.5 Å². The van der Waals surface area contributed by atoms with Crippen molar-refractivity contribution in [2.75, 3.05) is 39.6 Å². The second kappa shape index (κ2) is 74.5. The highest BCUT2D eigenvalue weighted by molar-refractivity contribution is 7.47. The minimum atomic E-state index is -4.99. The van der Waals surface area contributed by atoms with Gasteiger partial charge >= 0.3 is 39.5 Å². The van der Waals surface area contributed by atoms with Crippen LogP contribution in [0.5, 0.6) is 0 Å². The van der Waals surface area contributed by atoms with Crippen LogP contribution in [0.25, 0.3) is 0 Å². The molecular weight excluding hydrogens is 1330 g/mol. The highest BCUT2D eigenvalue weighted by atomic mass is 31.2. The summed E-state index contributed by atoms with van der Waals surface area (Å²) in [6.07, 6.45) is 83.0. The van der Waals surface area contributed by atoms with Gasteiger partial charge in [0.15, 0.2) is 12.2 Å². The first-order valence-corrected chi connectivity index (χ1v) is 42.4. The van der Waals surface area contributed by atoms with Gasteiger partial charge in [-0.05, 0) is 135 Å². The average molecular weight is 1470 g/mol. The molecule has 102 heavy (non-hydrogen) atoms. The molecule has 0 spiro atoms. The Hall–Kier alpha value is -4.80. The maximum Gasteiger partial charge on any atom is 0.472 e. The highest BCUT2D eigenvalue weighted by Crippen LogP contribution is 2.45. The first kappa shape index (κ1) is 97.2. The molecule has 0 radical (unpaired) electrons. The maximum absolute atomic E-state index is 13.1. The third kappa shape index (κ3) is 73.5. The first-order chi connectivity index (χ1) is 49.7. The van der Waals surface area contributed by atoms with E-state index in [1.807, 2.05) is 12.2 Å². The molecule has 0 fully saturated rings. The number of unbranched alkanes of at least 4 members (excludes halogenated alkanes) is 25. The molecule has 0 rings (SSSR count). The van der Waals surface area contributed by atoms with E-state index in [0.717, 1.165) is 148 Å². The van der Waals surface area contributed by atoms with Crippen molar-refractivity contribution in [3.63, 3.8) is 0 Å². The van der Waals surface area contributed by atoms with E-state index >= 15 is 0 Å². The molecule has 5 unspecified atom stereocenters. The molecule has 0 aromatic heterocycles. The van der Waals surface area contributed by atoms with Crippen molar-refractivity contribution in [2.24, 2.45) is 0 Å². The molecule has 0 amide bonds. The number of hydrogen-bond donors (Lipinski definition) is 3. The number of ether oxygens (including phenoxy) is 4. The van der Waals surface area contributed by atoms with Gasteiger partial charge in [0, 0.05) is 25.7 Å². The van der Waals surface area contributed by atoms with Gasteiger partial charge < -0.3 is 33.8 Å². The molecule has 17 nitrogen and oxygen atoms in total. The normalized spacial score (nSPS) is 14.6. The number of hydrogen-bond acceptors (Lipinski definition) is 15. The fourth-order valence-corrected chi connectivity index (χ4v) is 11.7. The van der Waals surface area contributed by atoms with Gasteiger partial charge in [-0.2, -0.15) is 0 Å². The van der Waals surface area contributed by atoms with Crippen molar-refractivity contribution < 1.29 is 80.2 Å². The lowest BCUT2D eigenvalue weighted by Gasteiger charge is -2.21. The largest absolute Gasteiger partial charge is 0.472 e. The van der Waals surface area contributed by atoms with E-state index in [1.54, 1.807) is 0 Å². The molecule has 0 aliphatic heterocycles. The third-order valence-corrected chi connectivity index (χ3v) is 18.0. The number of rotatable bonds is 73. The zero-order chi connectivity index (χ0) is 74.6. The second-order valence-corrected chi connectivity index (χ2v) is 28.8. The zero-order valence-corrected chi connectivity index (χ0v) is 65.5. The Balaban J connectivity index is 5.41. The van der Waals surface area contributed by atoms with E-state index in [4.69, 9.17) is 37.0 Å². The summed E-state index contributed by atoms with van der Waals surface area (Å²) in [5.41, 5.74) is 0. The summed E-state index contributed by atoms with van der Waals surface area (Å²) in [4.78, 5) is 72.9. The van der Waals surface area contributed by atoms with Crippen LogP contribution in [-0.2, 0) is 65.4 Å². The molecule has 5 atom stereocenters. The van der Waals surface area contributed by atoms with E-state index in [1.165, 1.54) is 77.0 Å². The van der Waals surface area contributed by atoms with E-state index in [9.17, 15) is 43.2 Å². The quantitative estimate of drug-likeness (QED) is 0.0169. The van der Waals surface area contributed by atoms with Gasteiger partial charge in [0.2, 0.25) is 0 Å². The molecule has 0 bridgehead atoms. The van der Waals surface area contributed by atoms with Gasteiger partial charge in [-0.3, -0.25) is 37.3 Å². The Kier molecular flexibility index (Phi) is 71.0. The van der Waals surface area contributed by atoms with Crippen LogP contribution in [-0.4, -0.2) is 96.7 Å². The number of carbonyl (C=O) groups is 4. The first-order valence-electron chi connectivity index (χ1n) is 39.4. The molecule has 0 aromatic carbocycles. The predicted molar refractivity (Wildman–Crippen MR) is 418 cm³/mol. The topological polar surface area (TPSA) is 237 Å². The van der Waals surface area contributed by atoms with Crippen LogP contribution in [0.1, 0.15) is 310 Å². The van der Waals surface area contributed by atoms with Gasteiger partial charge in [0.1, 0.15) is 19.3 Å². The molecule has 19 heteroatoms. The Labute approximate surface area is 618 Å². The van der Waals surface area contributed by atoms with Crippen molar-refractivity contribution in [3.8, 4) is 0 Å². The molecule has 0 aliphatic rings. The van der Waals surface area contributed by atoms with Crippen LogP contribution in [0.4, 0.5) is 0 Å². The molecule has 584 valence electrons.